The van der Waals surface area contributed by atoms with Crippen molar-refractivity contribution in [3.8, 4) is 5.75 Å². The Labute approximate surface area is 129 Å². The summed E-state index contributed by atoms with van der Waals surface area (Å²) < 4.78 is 5.71. The average Bonchev–Trinajstić information content (AvgIpc) is 2.74. The summed E-state index contributed by atoms with van der Waals surface area (Å²) in [5.41, 5.74) is 0.883. The van der Waals surface area contributed by atoms with Crippen LogP contribution < -0.4 is 4.74 Å². The van der Waals surface area contributed by atoms with Crippen LogP contribution in [0, 0.1) is 0 Å². The second-order valence-electron chi connectivity index (χ2n) is 4.83. The molecule has 4 nitrogen and oxygen atoms in total. The lowest BCUT2D eigenvalue weighted by molar-refractivity contribution is -0.122. The summed E-state index contributed by atoms with van der Waals surface area (Å²) in [6, 6.07) is 7.53. The Morgan fingerprint density at radius 1 is 1.24 bits per heavy atom. The van der Waals surface area contributed by atoms with E-state index in [1.54, 1.807) is 13.0 Å². The van der Waals surface area contributed by atoms with Gasteiger partial charge in [0.25, 0.3) is 11.1 Å². The molecular weight excluding hydrogens is 286 g/mol. The minimum atomic E-state index is -0.215. The minimum Gasteiger partial charge on any atom is -0.491 e. The van der Waals surface area contributed by atoms with Crippen molar-refractivity contribution in [2.75, 3.05) is 6.54 Å². The molecule has 1 heterocycles. The molecule has 0 radical (unpaired) electrons. The van der Waals surface area contributed by atoms with Crippen LogP contribution in [0.25, 0.3) is 6.08 Å². The third-order valence-electron chi connectivity index (χ3n) is 3.28. The van der Waals surface area contributed by atoms with Crippen molar-refractivity contribution >= 4 is 29.0 Å². The molecule has 1 saturated heterocycles. The van der Waals surface area contributed by atoms with Crippen LogP contribution in [0.3, 0.4) is 0 Å². The molecule has 0 saturated carbocycles. The minimum absolute atomic E-state index is 0.178. The van der Waals surface area contributed by atoms with Crippen LogP contribution in [-0.2, 0) is 4.79 Å². The SMILES string of the molecule is CC[C@@H](C)Oc1ccc(/C=C2/SC(=O)N(CC)C2=O)cc1. The second kappa shape index (κ2) is 6.80. The number of thioether (sulfide) groups is 1. The number of amides is 2. The number of carbonyl (C=O) groups is 2. The van der Waals surface area contributed by atoms with Gasteiger partial charge in [-0.15, -0.1) is 0 Å². The summed E-state index contributed by atoms with van der Waals surface area (Å²) in [6.45, 7) is 6.29. The average molecular weight is 305 g/mol. The zero-order valence-corrected chi connectivity index (χ0v) is 13.3. The highest BCUT2D eigenvalue weighted by Crippen LogP contribution is 2.32. The molecule has 112 valence electrons. The van der Waals surface area contributed by atoms with Crippen LogP contribution >= 0.6 is 11.8 Å². The van der Waals surface area contributed by atoms with Crippen LogP contribution in [-0.4, -0.2) is 28.7 Å². The van der Waals surface area contributed by atoms with Crippen molar-refractivity contribution in [1.82, 2.24) is 4.90 Å². The quantitative estimate of drug-likeness (QED) is 0.774. The number of imide groups is 1. The number of nitrogens with zero attached hydrogens (tertiary/aromatic N) is 1. The Bertz CT molecular complexity index is 565. The summed E-state index contributed by atoms with van der Waals surface area (Å²) in [6.07, 6.45) is 2.87. The van der Waals surface area contributed by atoms with Crippen molar-refractivity contribution in [2.24, 2.45) is 0 Å². The fourth-order valence-corrected chi connectivity index (χ4v) is 2.79. The molecule has 1 aliphatic rings. The number of ether oxygens (including phenoxy) is 1. The van der Waals surface area contributed by atoms with E-state index in [4.69, 9.17) is 4.74 Å². The lowest BCUT2D eigenvalue weighted by Gasteiger charge is -2.12. The molecule has 1 fully saturated rings. The van der Waals surface area contributed by atoms with Gasteiger partial charge in [-0.05, 0) is 55.8 Å². The van der Waals surface area contributed by atoms with E-state index in [1.807, 2.05) is 31.2 Å². The summed E-state index contributed by atoms with van der Waals surface area (Å²) in [5.74, 6) is 0.593. The second-order valence-corrected chi connectivity index (χ2v) is 5.82. The van der Waals surface area contributed by atoms with Gasteiger partial charge in [0.15, 0.2) is 0 Å². The van der Waals surface area contributed by atoms with E-state index in [0.29, 0.717) is 11.4 Å². The van der Waals surface area contributed by atoms with Gasteiger partial charge in [-0.3, -0.25) is 14.5 Å². The van der Waals surface area contributed by atoms with E-state index < -0.39 is 0 Å². The van der Waals surface area contributed by atoms with Gasteiger partial charge in [-0.2, -0.15) is 0 Å². The molecule has 0 bridgehead atoms. The van der Waals surface area contributed by atoms with E-state index >= 15 is 0 Å². The maximum absolute atomic E-state index is 12.0. The van der Waals surface area contributed by atoms with Gasteiger partial charge in [-0.25, -0.2) is 0 Å². The van der Waals surface area contributed by atoms with Gasteiger partial charge in [0, 0.05) is 6.54 Å². The lowest BCUT2D eigenvalue weighted by atomic mass is 10.2. The van der Waals surface area contributed by atoms with E-state index in [2.05, 4.69) is 6.92 Å². The third kappa shape index (κ3) is 3.67. The fourth-order valence-electron chi connectivity index (χ4n) is 1.88. The smallest absolute Gasteiger partial charge is 0.293 e. The Hall–Kier alpha value is -1.75. The molecule has 0 aromatic heterocycles. The first-order chi connectivity index (χ1) is 10.0. The summed E-state index contributed by atoms with van der Waals surface area (Å²) in [5, 5.41) is -0.203. The molecule has 0 unspecified atom stereocenters. The number of carbonyl (C=O) groups excluding carboxylic acids is 2. The van der Waals surface area contributed by atoms with Gasteiger partial charge in [0.05, 0.1) is 11.0 Å². The molecule has 0 aliphatic carbocycles. The van der Waals surface area contributed by atoms with Gasteiger partial charge < -0.3 is 4.74 Å². The first-order valence-electron chi connectivity index (χ1n) is 7.07. The van der Waals surface area contributed by atoms with E-state index in [1.165, 1.54) is 4.90 Å². The number of benzene rings is 1. The molecular formula is C16H19NO3S. The zero-order valence-electron chi connectivity index (χ0n) is 12.5. The molecule has 0 spiro atoms. The largest absolute Gasteiger partial charge is 0.491 e. The van der Waals surface area contributed by atoms with Gasteiger partial charge in [0.2, 0.25) is 0 Å². The Balaban J connectivity index is 2.11. The predicted octanol–water partition coefficient (Wildman–Crippen LogP) is 3.92. The van der Waals surface area contributed by atoms with E-state index in [9.17, 15) is 9.59 Å². The Morgan fingerprint density at radius 3 is 2.43 bits per heavy atom. The topological polar surface area (TPSA) is 46.6 Å². The molecule has 2 rings (SSSR count). The molecule has 1 aromatic carbocycles. The Morgan fingerprint density at radius 2 is 1.90 bits per heavy atom. The molecule has 1 atom stereocenters. The lowest BCUT2D eigenvalue weighted by Crippen LogP contribution is -2.27. The molecule has 2 amide bonds. The van der Waals surface area contributed by atoms with Crippen molar-refractivity contribution in [1.29, 1.82) is 0 Å². The van der Waals surface area contributed by atoms with E-state index in [0.717, 1.165) is 29.5 Å². The monoisotopic (exact) mass is 305 g/mol. The van der Waals surface area contributed by atoms with Crippen LogP contribution in [0.1, 0.15) is 32.8 Å². The molecule has 5 heteroatoms. The van der Waals surface area contributed by atoms with Crippen LogP contribution in [0.15, 0.2) is 29.2 Å². The first-order valence-corrected chi connectivity index (χ1v) is 7.88. The highest BCUT2D eigenvalue weighted by molar-refractivity contribution is 8.18. The number of rotatable bonds is 5. The number of likely N-dealkylation sites (N-methyl/N-ethyl adjacent to an activating group) is 1. The standard InChI is InChI=1S/C16H19NO3S/c1-4-11(3)20-13-8-6-12(7-9-13)10-14-15(18)17(5-2)16(19)21-14/h6-11H,4-5H2,1-3H3/b14-10+/t11-/m1/s1. The predicted molar refractivity (Wildman–Crippen MR) is 85.2 cm³/mol. The van der Waals surface area contributed by atoms with Gasteiger partial charge in [-0.1, -0.05) is 19.1 Å². The summed E-state index contributed by atoms with van der Waals surface area (Å²) >= 11 is 0.987. The maximum Gasteiger partial charge on any atom is 0.293 e. The summed E-state index contributed by atoms with van der Waals surface area (Å²) in [7, 11) is 0. The van der Waals surface area contributed by atoms with Gasteiger partial charge in [0.1, 0.15) is 5.75 Å². The summed E-state index contributed by atoms with van der Waals surface area (Å²) in [4.78, 5) is 25.3. The van der Waals surface area contributed by atoms with E-state index in [-0.39, 0.29) is 17.3 Å². The highest BCUT2D eigenvalue weighted by atomic mass is 32.2. The number of hydrogen-bond donors (Lipinski definition) is 0. The van der Waals surface area contributed by atoms with Crippen molar-refractivity contribution < 1.29 is 14.3 Å². The van der Waals surface area contributed by atoms with Crippen molar-refractivity contribution in [3.63, 3.8) is 0 Å². The van der Waals surface area contributed by atoms with Gasteiger partial charge >= 0.3 is 0 Å². The van der Waals surface area contributed by atoms with Crippen molar-refractivity contribution in [3.05, 3.63) is 34.7 Å². The molecule has 1 aromatic rings. The maximum atomic E-state index is 12.0. The third-order valence-corrected chi connectivity index (χ3v) is 4.19. The van der Waals surface area contributed by atoms with Crippen LogP contribution in [0.4, 0.5) is 4.79 Å². The molecule has 1 aliphatic heterocycles. The van der Waals surface area contributed by atoms with Crippen molar-refractivity contribution in [2.45, 2.75) is 33.3 Å². The first kappa shape index (κ1) is 15.6. The van der Waals surface area contributed by atoms with Crippen LogP contribution in [0.5, 0.6) is 5.75 Å². The highest BCUT2D eigenvalue weighted by Gasteiger charge is 2.33. The normalized spacial score (nSPS) is 18.4. The van der Waals surface area contributed by atoms with Crippen LogP contribution in [0.2, 0.25) is 0 Å². The molecule has 0 N–H and O–H groups in total. The Kier molecular flexibility index (Phi) is 5.07. The fraction of sp³-hybridized carbons (Fsp3) is 0.375. The number of hydrogen-bond acceptors (Lipinski definition) is 4. The zero-order chi connectivity index (χ0) is 15.4. The molecule has 21 heavy (non-hydrogen) atoms.